The average Bonchev–Trinajstić information content (AvgIpc) is 3.72. The van der Waals surface area contributed by atoms with E-state index in [1.165, 1.54) is 10.6 Å². The topological polar surface area (TPSA) is 114 Å². The Kier molecular flexibility index (Phi) is 8.16. The first-order valence-electron chi connectivity index (χ1n) is 13.1. The van der Waals surface area contributed by atoms with Crippen molar-refractivity contribution in [1.29, 1.82) is 0 Å². The number of sulfonamides is 1. The zero-order valence-corrected chi connectivity index (χ0v) is 24.0. The van der Waals surface area contributed by atoms with Gasteiger partial charge in [0.2, 0.25) is 10.0 Å². The van der Waals surface area contributed by atoms with Gasteiger partial charge in [-0.15, -0.1) is 0 Å². The monoisotopic (exact) mass is 585 g/mol. The molecule has 2 amide bonds. The molecule has 0 spiro atoms. The molecule has 5 rings (SSSR count). The molecule has 1 aromatic heterocycles. The number of halogens is 1. The number of piperazine rings is 1. The summed E-state index contributed by atoms with van der Waals surface area (Å²) in [6, 6.07) is 14.4. The molecule has 0 radical (unpaired) electrons. The third-order valence-electron chi connectivity index (χ3n) is 7.17. The van der Waals surface area contributed by atoms with Crippen LogP contribution in [0.1, 0.15) is 56.4 Å². The van der Waals surface area contributed by atoms with Gasteiger partial charge in [0.15, 0.2) is 0 Å². The lowest BCUT2D eigenvalue weighted by atomic mass is 10.1. The molecule has 2 heterocycles. The van der Waals surface area contributed by atoms with E-state index in [9.17, 15) is 18.0 Å². The molecule has 0 unspecified atom stereocenters. The summed E-state index contributed by atoms with van der Waals surface area (Å²) < 4.78 is 32.3. The maximum absolute atomic E-state index is 12.8. The third-order valence-corrected chi connectivity index (χ3v) is 8.76. The van der Waals surface area contributed by atoms with Gasteiger partial charge in [0.05, 0.1) is 17.0 Å². The summed E-state index contributed by atoms with van der Waals surface area (Å²) in [5, 5.41) is 7.80. The highest BCUT2D eigenvalue weighted by molar-refractivity contribution is 7.88. The number of hydrogen-bond donors (Lipinski definition) is 1. The van der Waals surface area contributed by atoms with Crippen molar-refractivity contribution in [3.05, 3.63) is 81.6 Å². The zero-order valence-electron chi connectivity index (χ0n) is 22.5. The smallest absolute Gasteiger partial charge is 0.269 e. The highest BCUT2D eigenvalue weighted by Crippen LogP contribution is 2.39. The molecule has 0 bridgehead atoms. The van der Waals surface area contributed by atoms with Crippen molar-refractivity contribution in [2.75, 3.05) is 32.4 Å². The van der Waals surface area contributed by atoms with Crippen molar-refractivity contribution in [3.63, 3.8) is 0 Å². The number of ether oxygens (including phenoxy) is 1. The molecular weight excluding hydrogens is 554 g/mol. The molecule has 2 fully saturated rings. The molecule has 212 valence electrons. The van der Waals surface area contributed by atoms with E-state index in [1.807, 2.05) is 24.3 Å². The van der Waals surface area contributed by atoms with Gasteiger partial charge in [0.25, 0.3) is 11.8 Å². The van der Waals surface area contributed by atoms with E-state index in [2.05, 4.69) is 10.4 Å². The standard InChI is InChI=1S/C28H32ClN5O5S/c1-32-25(16-24(31-32)21-8-9-21)27(35)30-17-20-5-10-26(23(29)15-20)39-18-19-3-6-22(7-4-19)28(36)33-11-13-34(14-12-33)40(2,37)38/h3-7,10,15-16,21H,8-9,11-14,17-18H2,1-2H3,(H,30,35). The highest BCUT2D eigenvalue weighted by Gasteiger charge is 2.28. The van der Waals surface area contributed by atoms with Crippen molar-refractivity contribution in [3.8, 4) is 5.75 Å². The van der Waals surface area contributed by atoms with Gasteiger partial charge in [-0.2, -0.15) is 9.40 Å². The van der Waals surface area contributed by atoms with Crippen LogP contribution in [0.25, 0.3) is 0 Å². The summed E-state index contributed by atoms with van der Waals surface area (Å²) in [5.74, 6) is 0.687. The van der Waals surface area contributed by atoms with Crippen LogP contribution < -0.4 is 10.1 Å². The SMILES string of the molecule is Cn1nc(C2CC2)cc1C(=O)NCc1ccc(OCc2ccc(C(=O)N3CCN(S(C)(=O)=O)CC3)cc2)c(Cl)c1. The Morgan fingerprint density at radius 2 is 1.70 bits per heavy atom. The number of aromatic nitrogens is 2. The Morgan fingerprint density at radius 1 is 1.02 bits per heavy atom. The van der Waals surface area contributed by atoms with Crippen LogP contribution in [0.3, 0.4) is 0 Å². The lowest BCUT2D eigenvalue weighted by molar-refractivity contribution is 0.0698. The maximum atomic E-state index is 12.8. The Balaban J connectivity index is 1.11. The summed E-state index contributed by atoms with van der Waals surface area (Å²) in [4.78, 5) is 27.1. The second-order valence-electron chi connectivity index (χ2n) is 10.2. The summed E-state index contributed by atoms with van der Waals surface area (Å²) in [7, 11) is -1.47. The Labute approximate surface area is 238 Å². The normalized spacial score (nSPS) is 16.1. The van der Waals surface area contributed by atoms with Gasteiger partial charge in [0, 0.05) is 51.3 Å². The van der Waals surface area contributed by atoms with Crippen LogP contribution in [-0.4, -0.2) is 71.7 Å². The van der Waals surface area contributed by atoms with E-state index >= 15 is 0 Å². The fraction of sp³-hybridized carbons (Fsp3) is 0.393. The molecule has 12 heteroatoms. The summed E-state index contributed by atoms with van der Waals surface area (Å²) in [5.41, 5.74) is 3.76. The van der Waals surface area contributed by atoms with E-state index in [-0.39, 0.29) is 18.4 Å². The first kappa shape index (κ1) is 28.1. The van der Waals surface area contributed by atoms with Crippen molar-refractivity contribution < 1.29 is 22.7 Å². The summed E-state index contributed by atoms with van der Waals surface area (Å²) in [6.07, 6.45) is 3.44. The van der Waals surface area contributed by atoms with E-state index in [1.54, 1.807) is 40.9 Å². The third kappa shape index (κ3) is 6.65. The lowest BCUT2D eigenvalue weighted by Gasteiger charge is -2.33. The first-order chi connectivity index (χ1) is 19.1. The van der Waals surface area contributed by atoms with Crippen LogP contribution in [0.2, 0.25) is 5.02 Å². The number of nitrogens with one attached hydrogen (secondary N) is 1. The predicted molar refractivity (Wildman–Crippen MR) is 151 cm³/mol. The molecule has 0 atom stereocenters. The highest BCUT2D eigenvalue weighted by atomic mass is 35.5. The number of amides is 2. The van der Waals surface area contributed by atoms with Gasteiger partial charge in [-0.1, -0.05) is 29.8 Å². The minimum Gasteiger partial charge on any atom is -0.487 e. The second-order valence-corrected chi connectivity index (χ2v) is 12.6. The largest absolute Gasteiger partial charge is 0.487 e. The Bertz CT molecular complexity index is 1510. The van der Waals surface area contributed by atoms with Crippen molar-refractivity contribution in [2.45, 2.75) is 31.9 Å². The number of aryl methyl sites for hydroxylation is 1. The number of hydrogen-bond acceptors (Lipinski definition) is 6. The molecule has 3 aromatic rings. The minimum atomic E-state index is -3.25. The van der Waals surface area contributed by atoms with E-state index in [0.29, 0.717) is 60.7 Å². The second kappa shape index (κ2) is 11.6. The van der Waals surface area contributed by atoms with E-state index in [0.717, 1.165) is 29.7 Å². The zero-order chi connectivity index (χ0) is 28.4. The molecule has 1 aliphatic heterocycles. The molecule has 2 aromatic carbocycles. The van der Waals surface area contributed by atoms with Gasteiger partial charge in [-0.3, -0.25) is 14.3 Å². The molecule has 1 saturated heterocycles. The molecule has 40 heavy (non-hydrogen) atoms. The van der Waals surface area contributed by atoms with Gasteiger partial charge >= 0.3 is 0 Å². The fourth-order valence-electron chi connectivity index (χ4n) is 4.63. The van der Waals surface area contributed by atoms with Gasteiger partial charge < -0.3 is 15.0 Å². The number of carbonyl (C=O) groups excluding carboxylic acids is 2. The minimum absolute atomic E-state index is 0.127. The summed E-state index contributed by atoms with van der Waals surface area (Å²) in [6.45, 7) is 1.91. The quantitative estimate of drug-likeness (QED) is 0.413. The predicted octanol–water partition coefficient (Wildman–Crippen LogP) is 3.18. The molecule has 1 aliphatic carbocycles. The van der Waals surface area contributed by atoms with Gasteiger partial charge in [-0.25, -0.2) is 8.42 Å². The fourth-order valence-corrected chi connectivity index (χ4v) is 5.72. The molecule has 1 saturated carbocycles. The van der Waals surface area contributed by atoms with Gasteiger partial charge in [0.1, 0.15) is 18.1 Å². The number of benzene rings is 2. The first-order valence-corrected chi connectivity index (χ1v) is 15.4. The number of carbonyl (C=O) groups is 2. The molecule has 10 nitrogen and oxygen atoms in total. The lowest BCUT2D eigenvalue weighted by Crippen LogP contribution is -2.50. The van der Waals surface area contributed by atoms with Crippen LogP contribution in [-0.2, 0) is 30.2 Å². The van der Waals surface area contributed by atoms with Crippen LogP contribution in [0.4, 0.5) is 0 Å². The van der Waals surface area contributed by atoms with Gasteiger partial charge in [-0.05, 0) is 54.3 Å². The molecule has 2 aliphatic rings. The Morgan fingerprint density at radius 3 is 2.33 bits per heavy atom. The molecular formula is C28H32ClN5O5S. The maximum Gasteiger partial charge on any atom is 0.269 e. The van der Waals surface area contributed by atoms with Crippen molar-refractivity contribution in [1.82, 2.24) is 24.3 Å². The molecule has 1 N–H and O–H groups in total. The summed E-state index contributed by atoms with van der Waals surface area (Å²) >= 11 is 6.45. The van der Waals surface area contributed by atoms with Crippen molar-refractivity contribution >= 4 is 33.4 Å². The Hall–Kier alpha value is -3.41. The van der Waals surface area contributed by atoms with Crippen molar-refractivity contribution in [2.24, 2.45) is 7.05 Å². The number of rotatable bonds is 9. The van der Waals surface area contributed by atoms with E-state index in [4.69, 9.17) is 16.3 Å². The van der Waals surface area contributed by atoms with Crippen LogP contribution in [0.15, 0.2) is 48.5 Å². The van der Waals surface area contributed by atoms with E-state index < -0.39 is 10.0 Å². The average molecular weight is 586 g/mol. The van der Waals surface area contributed by atoms with Crippen LogP contribution in [0, 0.1) is 0 Å². The van der Waals surface area contributed by atoms with Crippen LogP contribution >= 0.6 is 11.6 Å². The van der Waals surface area contributed by atoms with Crippen LogP contribution in [0.5, 0.6) is 5.75 Å². The number of nitrogens with zero attached hydrogens (tertiary/aromatic N) is 4.